The van der Waals surface area contributed by atoms with Gasteiger partial charge in [0.15, 0.2) is 0 Å². The van der Waals surface area contributed by atoms with Crippen LogP contribution in [0.5, 0.6) is 23.0 Å². The maximum atomic E-state index is 6.20. The maximum absolute atomic E-state index is 6.20. The van der Waals surface area contributed by atoms with Crippen LogP contribution in [0.25, 0.3) is 11.1 Å². The van der Waals surface area contributed by atoms with Crippen LogP contribution in [0.4, 0.5) is 0 Å². The second-order valence-electron chi connectivity index (χ2n) is 8.54. The highest BCUT2D eigenvalue weighted by atomic mass is 28.4. The van der Waals surface area contributed by atoms with Crippen LogP contribution in [0.15, 0.2) is 72.8 Å². The maximum Gasteiger partial charge on any atom is 0.454 e. The van der Waals surface area contributed by atoms with E-state index < -0.39 is 16.9 Å². The van der Waals surface area contributed by atoms with Gasteiger partial charge in [-0.3, -0.25) is 0 Å². The molecular formula is C24H30O4Si2. The average molecular weight is 439 g/mol. The summed E-state index contributed by atoms with van der Waals surface area (Å²) in [6.45, 7) is 10.6. The van der Waals surface area contributed by atoms with E-state index in [9.17, 15) is 0 Å². The molecule has 0 saturated heterocycles. The molecule has 0 saturated carbocycles. The lowest BCUT2D eigenvalue weighted by atomic mass is 10.1. The summed E-state index contributed by atoms with van der Waals surface area (Å²) in [6.07, 6.45) is 0. The molecule has 0 spiro atoms. The van der Waals surface area contributed by atoms with E-state index >= 15 is 0 Å². The molecule has 3 aromatic rings. The third kappa shape index (κ3) is 6.40. The molecule has 158 valence electrons. The fraction of sp³-hybridized carbons (Fsp3) is 0.250. The van der Waals surface area contributed by atoms with Gasteiger partial charge in [-0.25, -0.2) is 0 Å². The zero-order valence-corrected chi connectivity index (χ0v) is 20.6. The Bertz CT molecular complexity index is 944. The smallest absolute Gasteiger partial charge is 0.454 e. The third-order valence-corrected chi connectivity index (χ3v) is 6.56. The zero-order chi connectivity index (χ0) is 21.8. The number of rotatable bonds is 8. The quantitative estimate of drug-likeness (QED) is 0.365. The van der Waals surface area contributed by atoms with Gasteiger partial charge in [-0.15, -0.1) is 0 Å². The number of ether oxygens (including phenoxy) is 1. The van der Waals surface area contributed by atoms with Crippen LogP contribution in [-0.4, -0.2) is 24.0 Å². The van der Waals surface area contributed by atoms with Gasteiger partial charge in [0.05, 0.1) is 7.11 Å². The summed E-state index contributed by atoms with van der Waals surface area (Å²) in [7, 11) is -2.33. The highest BCUT2D eigenvalue weighted by Gasteiger charge is 2.29. The first-order valence-corrected chi connectivity index (χ1v) is 16.3. The molecule has 0 amide bonds. The molecule has 4 nitrogen and oxygen atoms in total. The van der Waals surface area contributed by atoms with E-state index in [0.29, 0.717) is 0 Å². The van der Waals surface area contributed by atoms with Gasteiger partial charge in [-0.1, -0.05) is 24.3 Å². The first-order valence-electron chi connectivity index (χ1n) is 10.1. The van der Waals surface area contributed by atoms with Crippen molar-refractivity contribution in [2.75, 3.05) is 7.11 Å². The normalized spacial score (nSPS) is 11.7. The summed E-state index contributed by atoms with van der Waals surface area (Å²) in [5.74, 6) is 3.33. The van der Waals surface area contributed by atoms with Gasteiger partial charge in [0.1, 0.15) is 23.0 Å². The predicted molar refractivity (Wildman–Crippen MR) is 128 cm³/mol. The van der Waals surface area contributed by atoms with E-state index in [-0.39, 0.29) is 0 Å². The van der Waals surface area contributed by atoms with Crippen LogP contribution in [0.1, 0.15) is 0 Å². The molecule has 0 radical (unpaired) electrons. The SMILES string of the molecule is COc1ccc(O[Si](C)(C)Oc2ccc(-c3ccc(O[Si](C)(C)C)cc3)cc2)cc1. The van der Waals surface area contributed by atoms with Crippen molar-refractivity contribution in [3.05, 3.63) is 72.8 Å². The molecule has 0 bridgehead atoms. The zero-order valence-electron chi connectivity index (χ0n) is 18.6. The molecule has 30 heavy (non-hydrogen) atoms. The molecule has 0 aliphatic carbocycles. The van der Waals surface area contributed by atoms with Crippen LogP contribution in [0.3, 0.4) is 0 Å². The van der Waals surface area contributed by atoms with Crippen molar-refractivity contribution < 1.29 is 18.0 Å². The van der Waals surface area contributed by atoms with Gasteiger partial charge in [0, 0.05) is 13.1 Å². The molecule has 3 aromatic carbocycles. The molecule has 0 heterocycles. The standard InChI is InChI=1S/C24H30O4Si2/c1-25-21-15-17-24(18-16-21)28-30(5,6)27-23-13-9-20(10-14-23)19-7-11-22(12-8-19)26-29(2,3)4/h7-18H,1-6H3. The molecule has 0 N–H and O–H groups in total. The fourth-order valence-corrected chi connectivity index (χ4v) is 5.31. The van der Waals surface area contributed by atoms with Crippen molar-refractivity contribution in [1.82, 2.24) is 0 Å². The Morgan fingerprint density at radius 2 is 0.800 bits per heavy atom. The highest BCUT2D eigenvalue weighted by Crippen LogP contribution is 2.27. The monoisotopic (exact) mass is 438 g/mol. The lowest BCUT2D eigenvalue weighted by Gasteiger charge is -2.25. The summed E-state index contributed by atoms with van der Waals surface area (Å²) in [5.41, 5.74) is 2.29. The van der Waals surface area contributed by atoms with E-state index in [1.807, 2.05) is 61.6 Å². The van der Waals surface area contributed by atoms with Gasteiger partial charge >= 0.3 is 8.56 Å². The van der Waals surface area contributed by atoms with Crippen molar-refractivity contribution in [2.24, 2.45) is 0 Å². The van der Waals surface area contributed by atoms with Gasteiger partial charge in [0.25, 0.3) is 0 Å². The summed E-state index contributed by atoms with van der Waals surface area (Å²) >= 11 is 0. The second kappa shape index (κ2) is 8.97. The largest absolute Gasteiger partial charge is 0.544 e. The summed E-state index contributed by atoms with van der Waals surface area (Å²) in [6, 6.07) is 24.0. The topological polar surface area (TPSA) is 36.9 Å². The van der Waals surface area contributed by atoms with Crippen molar-refractivity contribution in [3.8, 4) is 34.1 Å². The minimum absolute atomic E-state index is 0.782. The van der Waals surface area contributed by atoms with E-state index in [1.165, 1.54) is 0 Å². The predicted octanol–water partition coefficient (Wildman–Crippen LogP) is 6.74. The first-order chi connectivity index (χ1) is 14.1. The van der Waals surface area contributed by atoms with Crippen molar-refractivity contribution in [2.45, 2.75) is 32.7 Å². The highest BCUT2D eigenvalue weighted by molar-refractivity contribution is 6.70. The molecule has 0 unspecified atom stereocenters. The Morgan fingerprint density at radius 3 is 1.17 bits per heavy atom. The Kier molecular flexibility index (Phi) is 6.58. The van der Waals surface area contributed by atoms with E-state index in [2.05, 4.69) is 43.9 Å². The van der Waals surface area contributed by atoms with Crippen LogP contribution < -0.4 is 18.0 Å². The average Bonchev–Trinajstić information content (AvgIpc) is 2.68. The number of benzene rings is 3. The molecule has 0 atom stereocenters. The Morgan fingerprint density at radius 1 is 0.467 bits per heavy atom. The molecule has 6 heteroatoms. The summed E-state index contributed by atoms with van der Waals surface area (Å²) < 4.78 is 23.5. The summed E-state index contributed by atoms with van der Waals surface area (Å²) in [5, 5.41) is 0. The summed E-state index contributed by atoms with van der Waals surface area (Å²) in [4.78, 5) is 0. The minimum Gasteiger partial charge on any atom is -0.544 e. The van der Waals surface area contributed by atoms with Crippen molar-refractivity contribution in [1.29, 1.82) is 0 Å². The van der Waals surface area contributed by atoms with Crippen LogP contribution >= 0.6 is 0 Å². The lowest BCUT2D eigenvalue weighted by molar-refractivity contribution is 0.396. The molecule has 0 aromatic heterocycles. The Hall–Kier alpha value is -2.71. The molecular weight excluding hydrogens is 408 g/mol. The number of methoxy groups -OCH3 is 1. The van der Waals surface area contributed by atoms with E-state index in [0.717, 1.165) is 34.1 Å². The van der Waals surface area contributed by atoms with Crippen LogP contribution in [-0.2, 0) is 0 Å². The first kappa shape index (κ1) is 22.0. The van der Waals surface area contributed by atoms with Gasteiger partial charge in [-0.2, -0.15) is 0 Å². The lowest BCUT2D eigenvalue weighted by Crippen LogP contribution is -2.41. The molecule has 0 aliphatic rings. The second-order valence-corrected chi connectivity index (χ2v) is 16.2. The minimum atomic E-state index is -2.39. The van der Waals surface area contributed by atoms with E-state index in [4.69, 9.17) is 18.0 Å². The molecule has 0 aliphatic heterocycles. The number of hydrogen-bond acceptors (Lipinski definition) is 4. The van der Waals surface area contributed by atoms with Crippen LogP contribution in [0.2, 0.25) is 32.7 Å². The van der Waals surface area contributed by atoms with E-state index in [1.54, 1.807) is 7.11 Å². The molecule has 0 fully saturated rings. The van der Waals surface area contributed by atoms with Crippen molar-refractivity contribution >= 4 is 16.9 Å². The van der Waals surface area contributed by atoms with Gasteiger partial charge in [-0.05, 0) is 79.3 Å². The number of hydrogen-bond donors (Lipinski definition) is 0. The Balaban J connectivity index is 1.64. The van der Waals surface area contributed by atoms with Crippen LogP contribution in [0, 0.1) is 0 Å². The third-order valence-electron chi connectivity index (χ3n) is 4.25. The van der Waals surface area contributed by atoms with Gasteiger partial charge in [0.2, 0.25) is 8.32 Å². The molecule has 3 rings (SSSR count). The van der Waals surface area contributed by atoms with Crippen molar-refractivity contribution in [3.63, 3.8) is 0 Å². The van der Waals surface area contributed by atoms with Gasteiger partial charge < -0.3 is 18.0 Å². The fourth-order valence-electron chi connectivity index (χ4n) is 3.02. The Labute approximate surface area is 181 Å².